The zero-order valence-corrected chi connectivity index (χ0v) is 17.2. The number of ether oxygens (including phenoxy) is 1. The normalized spacial score (nSPS) is 15.8. The van der Waals surface area contributed by atoms with Crippen molar-refractivity contribution in [3.05, 3.63) is 82.9 Å². The molecule has 0 saturated heterocycles. The number of benzene rings is 2. The van der Waals surface area contributed by atoms with E-state index in [1.165, 1.54) is 5.56 Å². The Morgan fingerprint density at radius 1 is 1.13 bits per heavy atom. The van der Waals surface area contributed by atoms with Crippen LogP contribution < -0.4 is 10.5 Å². The van der Waals surface area contributed by atoms with Gasteiger partial charge in [0.05, 0.1) is 5.92 Å². The molecule has 0 heterocycles. The second-order valence-electron chi connectivity index (χ2n) is 7.75. The number of carbonyl (C=O) groups excluding carboxylic acids is 1. The highest BCUT2D eigenvalue weighted by Crippen LogP contribution is 2.44. The van der Waals surface area contributed by atoms with Crippen LogP contribution in [0.15, 0.2) is 66.3 Å². The van der Waals surface area contributed by atoms with Gasteiger partial charge < -0.3 is 15.6 Å². The highest BCUT2D eigenvalue weighted by atomic mass is 16.5. The average molecular weight is 405 g/mol. The molecule has 3 N–H and O–H groups in total. The Morgan fingerprint density at radius 2 is 1.87 bits per heavy atom. The van der Waals surface area contributed by atoms with Gasteiger partial charge in [-0.05, 0) is 55.4 Å². The van der Waals surface area contributed by atoms with Crippen molar-refractivity contribution in [3.63, 3.8) is 0 Å². The molecule has 0 aliphatic heterocycles. The van der Waals surface area contributed by atoms with Gasteiger partial charge in [0.25, 0.3) is 0 Å². The van der Waals surface area contributed by atoms with E-state index in [9.17, 15) is 9.59 Å². The molecule has 5 heteroatoms. The van der Waals surface area contributed by atoms with Crippen LogP contribution in [0.4, 0.5) is 0 Å². The van der Waals surface area contributed by atoms with Crippen molar-refractivity contribution in [2.24, 2.45) is 11.7 Å². The van der Waals surface area contributed by atoms with Gasteiger partial charge in [-0.2, -0.15) is 0 Å². The molecule has 1 aliphatic carbocycles. The van der Waals surface area contributed by atoms with Gasteiger partial charge in [-0.25, -0.2) is 4.79 Å². The summed E-state index contributed by atoms with van der Waals surface area (Å²) in [6.45, 7) is 5.79. The van der Waals surface area contributed by atoms with Crippen LogP contribution in [-0.2, 0) is 22.4 Å². The predicted molar refractivity (Wildman–Crippen MR) is 117 cm³/mol. The zero-order valence-electron chi connectivity index (χ0n) is 17.2. The Kier molecular flexibility index (Phi) is 6.72. The smallest absolute Gasteiger partial charge is 0.341 e. The Bertz CT molecular complexity index is 991. The van der Waals surface area contributed by atoms with Gasteiger partial charge in [0.15, 0.2) is 6.61 Å². The lowest BCUT2D eigenvalue weighted by Gasteiger charge is -2.21. The molecule has 1 unspecified atom stereocenters. The Hall–Kier alpha value is -3.34. The number of hydrogen-bond acceptors (Lipinski definition) is 3. The standard InChI is InChI=1S/C25H27NO4/c1-16(13-18-7-4-3-5-8-18)14-19-9-6-10-21(30-15-22(27)28)24(19)23-17(2)11-12-20(23)25(26)29/h3-10,20H,1,11-15H2,2H3,(H2,26,29)(H,27,28). The van der Waals surface area contributed by atoms with Crippen LogP contribution in [0, 0.1) is 5.92 Å². The number of primary amides is 1. The second kappa shape index (κ2) is 9.44. The summed E-state index contributed by atoms with van der Waals surface area (Å²) in [6.07, 6.45) is 2.77. The van der Waals surface area contributed by atoms with E-state index in [4.69, 9.17) is 15.6 Å². The molecule has 1 amide bonds. The van der Waals surface area contributed by atoms with Gasteiger partial charge in [-0.15, -0.1) is 0 Å². The lowest BCUT2D eigenvalue weighted by atomic mass is 9.86. The first-order valence-electron chi connectivity index (χ1n) is 10.0. The number of amides is 1. The first-order chi connectivity index (χ1) is 14.4. The number of aliphatic carboxylic acids is 1. The van der Waals surface area contributed by atoms with Crippen LogP contribution >= 0.6 is 0 Å². The van der Waals surface area contributed by atoms with Crippen LogP contribution in [0.25, 0.3) is 5.57 Å². The maximum atomic E-state index is 12.1. The Morgan fingerprint density at radius 3 is 2.53 bits per heavy atom. The minimum absolute atomic E-state index is 0.371. The number of carboxylic acid groups (broad SMARTS) is 1. The van der Waals surface area contributed by atoms with E-state index in [1.54, 1.807) is 6.07 Å². The number of rotatable bonds is 9. The lowest BCUT2D eigenvalue weighted by molar-refractivity contribution is -0.139. The van der Waals surface area contributed by atoms with E-state index in [0.717, 1.165) is 40.7 Å². The lowest BCUT2D eigenvalue weighted by Crippen LogP contribution is -2.23. The van der Waals surface area contributed by atoms with E-state index < -0.39 is 18.5 Å². The first-order valence-corrected chi connectivity index (χ1v) is 10.0. The number of carbonyl (C=O) groups is 2. The van der Waals surface area contributed by atoms with Gasteiger partial charge in [0.2, 0.25) is 5.91 Å². The molecule has 0 spiro atoms. The van der Waals surface area contributed by atoms with Gasteiger partial charge >= 0.3 is 5.97 Å². The average Bonchev–Trinajstić information content (AvgIpc) is 3.08. The summed E-state index contributed by atoms with van der Waals surface area (Å²) >= 11 is 0. The summed E-state index contributed by atoms with van der Waals surface area (Å²) in [7, 11) is 0. The zero-order chi connectivity index (χ0) is 21.7. The molecular weight excluding hydrogens is 378 g/mol. The summed E-state index contributed by atoms with van der Waals surface area (Å²) in [5.41, 5.74) is 11.6. The molecule has 3 rings (SSSR count). The predicted octanol–water partition coefficient (Wildman–Crippen LogP) is 4.16. The molecule has 0 fully saturated rings. The van der Waals surface area contributed by atoms with E-state index in [-0.39, 0.29) is 5.91 Å². The van der Waals surface area contributed by atoms with E-state index in [1.807, 2.05) is 37.3 Å². The van der Waals surface area contributed by atoms with Crippen LogP contribution in [0.1, 0.15) is 36.5 Å². The van der Waals surface area contributed by atoms with Crippen molar-refractivity contribution < 1.29 is 19.4 Å². The molecule has 0 bridgehead atoms. The van der Waals surface area contributed by atoms with Crippen molar-refractivity contribution in [2.45, 2.75) is 32.6 Å². The van der Waals surface area contributed by atoms with Gasteiger partial charge in [0, 0.05) is 5.56 Å². The minimum Gasteiger partial charge on any atom is -0.481 e. The van der Waals surface area contributed by atoms with Crippen molar-refractivity contribution in [1.29, 1.82) is 0 Å². The van der Waals surface area contributed by atoms with Crippen molar-refractivity contribution in [2.75, 3.05) is 6.61 Å². The molecule has 1 atom stereocenters. The number of carboxylic acids is 1. The summed E-state index contributed by atoms with van der Waals surface area (Å²) < 4.78 is 5.61. The molecule has 156 valence electrons. The minimum atomic E-state index is -1.05. The maximum Gasteiger partial charge on any atom is 0.341 e. The fourth-order valence-corrected chi connectivity index (χ4v) is 4.12. The molecule has 0 saturated carbocycles. The quantitative estimate of drug-likeness (QED) is 0.613. The maximum absolute atomic E-state index is 12.1. The molecule has 0 aromatic heterocycles. The van der Waals surface area contributed by atoms with Crippen molar-refractivity contribution in [1.82, 2.24) is 0 Å². The molecule has 30 heavy (non-hydrogen) atoms. The summed E-state index contributed by atoms with van der Waals surface area (Å²) in [6, 6.07) is 15.7. The summed E-state index contributed by atoms with van der Waals surface area (Å²) in [5.74, 6) is -1.36. The number of hydrogen-bond donors (Lipinski definition) is 2. The summed E-state index contributed by atoms with van der Waals surface area (Å²) in [5, 5.41) is 9.08. The molecule has 5 nitrogen and oxygen atoms in total. The highest BCUT2D eigenvalue weighted by molar-refractivity contribution is 5.95. The van der Waals surface area contributed by atoms with Crippen molar-refractivity contribution >= 4 is 17.4 Å². The third kappa shape index (κ3) is 4.98. The molecule has 0 radical (unpaired) electrons. The van der Waals surface area contributed by atoms with E-state index in [0.29, 0.717) is 18.6 Å². The highest BCUT2D eigenvalue weighted by Gasteiger charge is 2.32. The van der Waals surface area contributed by atoms with E-state index in [2.05, 4.69) is 18.7 Å². The monoisotopic (exact) mass is 405 g/mol. The molecular formula is C25H27NO4. The topological polar surface area (TPSA) is 89.6 Å². The number of nitrogens with two attached hydrogens (primary N) is 1. The van der Waals surface area contributed by atoms with Crippen molar-refractivity contribution in [3.8, 4) is 5.75 Å². The van der Waals surface area contributed by atoms with Gasteiger partial charge in [0.1, 0.15) is 5.75 Å². The Labute approximate surface area is 176 Å². The largest absolute Gasteiger partial charge is 0.481 e. The first kappa shape index (κ1) is 21.4. The summed E-state index contributed by atoms with van der Waals surface area (Å²) in [4.78, 5) is 23.2. The third-order valence-corrected chi connectivity index (χ3v) is 5.43. The van der Waals surface area contributed by atoms with E-state index >= 15 is 0 Å². The fourth-order valence-electron chi connectivity index (χ4n) is 4.12. The SMILES string of the molecule is C=C(Cc1ccccc1)Cc1cccc(OCC(=O)O)c1C1=C(C)CCC1C(N)=O. The third-order valence-electron chi connectivity index (χ3n) is 5.43. The van der Waals surface area contributed by atoms with Crippen LogP contribution in [0.2, 0.25) is 0 Å². The van der Waals surface area contributed by atoms with Gasteiger partial charge in [-0.1, -0.05) is 60.2 Å². The van der Waals surface area contributed by atoms with Gasteiger partial charge in [-0.3, -0.25) is 4.79 Å². The number of allylic oxidation sites excluding steroid dienone is 2. The second-order valence-corrected chi connectivity index (χ2v) is 7.75. The van der Waals surface area contributed by atoms with Crippen LogP contribution in [0.3, 0.4) is 0 Å². The molecule has 1 aliphatic rings. The van der Waals surface area contributed by atoms with Crippen LogP contribution in [-0.4, -0.2) is 23.6 Å². The molecule has 2 aromatic carbocycles. The molecule has 2 aromatic rings. The van der Waals surface area contributed by atoms with Crippen LogP contribution in [0.5, 0.6) is 5.75 Å². The Balaban J connectivity index is 1.99. The fraction of sp³-hybridized carbons (Fsp3) is 0.280.